The van der Waals surface area contributed by atoms with Crippen LogP contribution in [0.15, 0.2) is 30.3 Å². The molecule has 96 valence electrons. The van der Waals surface area contributed by atoms with Crippen LogP contribution in [0, 0.1) is 19.7 Å². The number of thiophene rings is 1. The van der Waals surface area contributed by atoms with Gasteiger partial charge in [0, 0.05) is 16.2 Å². The predicted molar refractivity (Wildman–Crippen MR) is 73.5 cm³/mol. The van der Waals surface area contributed by atoms with E-state index < -0.39 is 5.60 Å². The highest BCUT2D eigenvalue weighted by atomic mass is 32.1. The Hall–Kier alpha value is -1.19. The van der Waals surface area contributed by atoms with Gasteiger partial charge in [-0.05, 0) is 56.2 Å². The summed E-state index contributed by atoms with van der Waals surface area (Å²) in [5.74, 6) is -0.256. The highest BCUT2D eigenvalue weighted by Gasteiger charge is 2.26. The van der Waals surface area contributed by atoms with Crippen LogP contribution in [0.25, 0.3) is 0 Å². The van der Waals surface area contributed by atoms with E-state index in [1.165, 1.54) is 17.0 Å². The third kappa shape index (κ3) is 2.79. The Morgan fingerprint density at radius 2 is 1.94 bits per heavy atom. The number of aryl methyl sites for hydroxylation is 2. The number of hydrogen-bond acceptors (Lipinski definition) is 2. The van der Waals surface area contributed by atoms with Gasteiger partial charge in [-0.25, -0.2) is 4.39 Å². The monoisotopic (exact) mass is 264 g/mol. The zero-order chi connectivity index (χ0) is 13.3. The van der Waals surface area contributed by atoms with Gasteiger partial charge in [-0.15, -0.1) is 11.3 Å². The molecule has 18 heavy (non-hydrogen) atoms. The molecule has 0 saturated heterocycles. The molecular formula is C15H17FOS. The number of hydrogen-bond donors (Lipinski definition) is 1. The molecule has 0 aliphatic carbocycles. The van der Waals surface area contributed by atoms with Crippen LogP contribution in [0.5, 0.6) is 0 Å². The molecule has 1 nitrogen and oxygen atoms in total. The number of aliphatic hydroxyl groups is 1. The van der Waals surface area contributed by atoms with E-state index in [1.54, 1.807) is 24.3 Å². The van der Waals surface area contributed by atoms with Crippen molar-refractivity contribution in [3.63, 3.8) is 0 Å². The molecule has 0 amide bonds. The van der Waals surface area contributed by atoms with Crippen molar-refractivity contribution in [1.29, 1.82) is 0 Å². The summed E-state index contributed by atoms with van der Waals surface area (Å²) < 4.78 is 13.2. The number of halogens is 1. The highest BCUT2D eigenvalue weighted by molar-refractivity contribution is 7.12. The Balaban J connectivity index is 2.29. The zero-order valence-electron chi connectivity index (χ0n) is 10.8. The summed E-state index contributed by atoms with van der Waals surface area (Å²) in [6, 6.07) is 8.63. The smallest absolute Gasteiger partial charge is 0.123 e. The molecule has 1 aromatic carbocycles. The molecule has 3 heteroatoms. The number of benzene rings is 1. The second-order valence-corrected chi connectivity index (χ2v) is 6.22. The van der Waals surface area contributed by atoms with Crippen molar-refractivity contribution in [2.24, 2.45) is 0 Å². The predicted octanol–water partition coefficient (Wildman–Crippen LogP) is 3.95. The largest absolute Gasteiger partial charge is 0.384 e. The number of rotatable bonds is 3. The van der Waals surface area contributed by atoms with E-state index in [2.05, 4.69) is 0 Å². The van der Waals surface area contributed by atoms with Crippen LogP contribution in [0.3, 0.4) is 0 Å². The Morgan fingerprint density at radius 3 is 2.56 bits per heavy atom. The molecule has 0 aliphatic rings. The Bertz CT molecular complexity index is 557. The third-order valence-corrected chi connectivity index (χ3v) is 4.37. The molecular weight excluding hydrogens is 247 g/mol. The first-order valence-electron chi connectivity index (χ1n) is 5.93. The molecule has 0 radical (unpaired) electrons. The third-order valence-electron chi connectivity index (χ3n) is 3.12. The van der Waals surface area contributed by atoms with Crippen molar-refractivity contribution in [3.05, 3.63) is 57.0 Å². The van der Waals surface area contributed by atoms with Gasteiger partial charge in [0.15, 0.2) is 0 Å². The van der Waals surface area contributed by atoms with E-state index in [9.17, 15) is 9.50 Å². The van der Waals surface area contributed by atoms with E-state index in [1.807, 2.05) is 26.0 Å². The lowest BCUT2D eigenvalue weighted by Crippen LogP contribution is -2.23. The van der Waals surface area contributed by atoms with Gasteiger partial charge in [-0.1, -0.05) is 6.07 Å². The maximum atomic E-state index is 13.2. The van der Waals surface area contributed by atoms with Gasteiger partial charge in [0.05, 0.1) is 5.60 Å². The quantitative estimate of drug-likeness (QED) is 0.890. The molecule has 0 spiro atoms. The standard InChI is InChI=1S/C15H17FOS/c1-10-4-6-13(16)8-12(10)9-15(3,17)14-7-5-11(2)18-14/h4-8,17H,9H2,1-3H3. The molecule has 1 aromatic heterocycles. The lowest BCUT2D eigenvalue weighted by molar-refractivity contribution is 0.0613. The molecule has 0 bridgehead atoms. The molecule has 0 saturated carbocycles. The molecule has 2 rings (SSSR count). The van der Waals surface area contributed by atoms with Crippen LogP contribution >= 0.6 is 11.3 Å². The van der Waals surface area contributed by atoms with Crippen LogP contribution in [0.1, 0.15) is 27.8 Å². The maximum absolute atomic E-state index is 13.2. The van der Waals surface area contributed by atoms with Crippen molar-refractivity contribution < 1.29 is 9.50 Å². The van der Waals surface area contributed by atoms with E-state index in [4.69, 9.17) is 0 Å². The summed E-state index contributed by atoms with van der Waals surface area (Å²) in [6.07, 6.45) is 0.427. The van der Waals surface area contributed by atoms with Crippen LogP contribution in [-0.2, 0) is 12.0 Å². The van der Waals surface area contributed by atoms with Crippen molar-refractivity contribution >= 4 is 11.3 Å². The van der Waals surface area contributed by atoms with Crippen LogP contribution in [-0.4, -0.2) is 5.11 Å². The summed E-state index contributed by atoms with van der Waals surface area (Å²) >= 11 is 1.58. The first-order chi connectivity index (χ1) is 8.38. The van der Waals surface area contributed by atoms with Gasteiger partial charge < -0.3 is 5.11 Å². The van der Waals surface area contributed by atoms with Crippen LogP contribution in [0.2, 0.25) is 0 Å². The van der Waals surface area contributed by atoms with Crippen molar-refractivity contribution in [2.75, 3.05) is 0 Å². The van der Waals surface area contributed by atoms with Crippen LogP contribution in [0.4, 0.5) is 4.39 Å². The van der Waals surface area contributed by atoms with Gasteiger partial charge in [0.1, 0.15) is 5.82 Å². The molecule has 1 N–H and O–H groups in total. The van der Waals surface area contributed by atoms with Crippen molar-refractivity contribution in [1.82, 2.24) is 0 Å². The zero-order valence-corrected chi connectivity index (χ0v) is 11.6. The minimum Gasteiger partial charge on any atom is -0.384 e. The average molecular weight is 264 g/mol. The molecule has 0 aliphatic heterocycles. The maximum Gasteiger partial charge on any atom is 0.123 e. The first kappa shape index (κ1) is 13.2. The Kier molecular flexibility index (Phi) is 3.55. The van der Waals surface area contributed by atoms with Gasteiger partial charge in [0.2, 0.25) is 0 Å². The SMILES string of the molecule is Cc1ccc(C(C)(O)Cc2cc(F)ccc2C)s1. The van der Waals surface area contributed by atoms with Crippen molar-refractivity contribution in [2.45, 2.75) is 32.8 Å². The highest BCUT2D eigenvalue weighted by Crippen LogP contribution is 2.31. The second-order valence-electron chi connectivity index (χ2n) is 4.93. The van der Waals surface area contributed by atoms with Gasteiger partial charge in [0.25, 0.3) is 0 Å². The fraction of sp³-hybridized carbons (Fsp3) is 0.333. The van der Waals surface area contributed by atoms with E-state index in [0.29, 0.717) is 6.42 Å². The Labute approximate surface area is 111 Å². The summed E-state index contributed by atoms with van der Waals surface area (Å²) in [7, 11) is 0. The van der Waals surface area contributed by atoms with E-state index >= 15 is 0 Å². The summed E-state index contributed by atoms with van der Waals surface area (Å²) in [6.45, 7) is 5.73. The molecule has 1 unspecified atom stereocenters. The second kappa shape index (κ2) is 4.82. The minimum atomic E-state index is -0.947. The van der Waals surface area contributed by atoms with Gasteiger partial charge in [-0.2, -0.15) is 0 Å². The fourth-order valence-electron chi connectivity index (χ4n) is 2.01. The van der Waals surface area contributed by atoms with Gasteiger partial charge >= 0.3 is 0 Å². The van der Waals surface area contributed by atoms with Gasteiger partial charge in [-0.3, -0.25) is 0 Å². The van der Waals surface area contributed by atoms with Crippen molar-refractivity contribution in [3.8, 4) is 0 Å². The lowest BCUT2D eigenvalue weighted by Gasteiger charge is -2.23. The molecule has 1 atom stereocenters. The summed E-state index contributed by atoms with van der Waals surface area (Å²) in [5, 5.41) is 10.6. The molecule has 2 aromatic rings. The summed E-state index contributed by atoms with van der Waals surface area (Å²) in [5.41, 5.74) is 0.910. The molecule has 0 fully saturated rings. The first-order valence-corrected chi connectivity index (χ1v) is 6.74. The normalized spacial score (nSPS) is 14.5. The van der Waals surface area contributed by atoms with Crippen LogP contribution < -0.4 is 0 Å². The fourth-order valence-corrected chi connectivity index (χ4v) is 2.92. The molecule has 1 heterocycles. The lowest BCUT2D eigenvalue weighted by atomic mass is 9.92. The average Bonchev–Trinajstić information content (AvgIpc) is 2.71. The van der Waals surface area contributed by atoms with E-state index in [0.717, 1.165) is 16.0 Å². The summed E-state index contributed by atoms with van der Waals surface area (Å²) in [4.78, 5) is 2.09. The van der Waals surface area contributed by atoms with E-state index in [-0.39, 0.29) is 5.82 Å². The topological polar surface area (TPSA) is 20.2 Å². The minimum absolute atomic E-state index is 0.256. The Morgan fingerprint density at radius 1 is 1.22 bits per heavy atom.